The Labute approximate surface area is 181 Å². The zero-order valence-electron chi connectivity index (χ0n) is 17.5. The van der Waals surface area contributed by atoms with Crippen molar-refractivity contribution in [2.75, 3.05) is 20.1 Å². The molecule has 6 heteroatoms. The number of carbonyl (C=O) groups is 1. The van der Waals surface area contributed by atoms with E-state index in [0.717, 1.165) is 32.0 Å². The van der Waals surface area contributed by atoms with Gasteiger partial charge in [0, 0.05) is 38.6 Å². The van der Waals surface area contributed by atoms with Crippen LogP contribution in [0.1, 0.15) is 52.2 Å². The smallest absolute Gasteiger partial charge is 0.225 e. The summed E-state index contributed by atoms with van der Waals surface area (Å²) in [5.74, 6) is 1.08. The predicted octanol–water partition coefficient (Wildman–Crippen LogP) is 3.52. The van der Waals surface area contributed by atoms with E-state index in [1.807, 2.05) is 18.7 Å². The molecule has 0 bridgehead atoms. The van der Waals surface area contributed by atoms with Gasteiger partial charge in [0.15, 0.2) is 5.96 Å². The molecule has 0 aromatic heterocycles. The quantitative estimate of drug-likeness (QED) is 0.389. The highest BCUT2D eigenvalue weighted by Gasteiger charge is 2.27. The van der Waals surface area contributed by atoms with Crippen LogP contribution in [-0.2, 0) is 16.8 Å². The van der Waals surface area contributed by atoms with Crippen LogP contribution in [0.25, 0.3) is 0 Å². The lowest BCUT2D eigenvalue weighted by atomic mass is 9.87. The van der Waals surface area contributed by atoms with Crippen molar-refractivity contribution in [1.29, 1.82) is 0 Å². The number of amides is 1. The van der Waals surface area contributed by atoms with Crippen molar-refractivity contribution in [3.8, 4) is 0 Å². The first-order valence-corrected chi connectivity index (χ1v) is 9.56. The molecule has 1 saturated heterocycles. The lowest BCUT2D eigenvalue weighted by Gasteiger charge is -2.21. The van der Waals surface area contributed by atoms with Gasteiger partial charge in [0.25, 0.3) is 0 Å². The first-order valence-electron chi connectivity index (χ1n) is 9.56. The highest BCUT2D eigenvalue weighted by Crippen LogP contribution is 2.22. The van der Waals surface area contributed by atoms with E-state index >= 15 is 0 Å². The average molecular weight is 486 g/mol. The largest absolute Gasteiger partial charge is 0.352 e. The number of guanidine groups is 1. The van der Waals surface area contributed by atoms with Gasteiger partial charge in [-0.25, -0.2) is 0 Å². The van der Waals surface area contributed by atoms with E-state index in [2.05, 4.69) is 60.7 Å². The molecule has 1 amide bonds. The van der Waals surface area contributed by atoms with E-state index in [-0.39, 0.29) is 47.3 Å². The van der Waals surface area contributed by atoms with Crippen LogP contribution >= 0.6 is 24.0 Å². The number of benzene rings is 1. The van der Waals surface area contributed by atoms with E-state index in [1.54, 1.807) is 7.05 Å². The van der Waals surface area contributed by atoms with Crippen molar-refractivity contribution in [3.05, 3.63) is 35.4 Å². The zero-order chi connectivity index (χ0) is 19.3. The average Bonchev–Trinajstić information content (AvgIpc) is 3.05. The van der Waals surface area contributed by atoms with Crippen molar-refractivity contribution in [1.82, 2.24) is 15.5 Å². The Morgan fingerprint density at radius 1 is 1.26 bits per heavy atom. The Hall–Kier alpha value is -1.31. The SMILES string of the molecule is CN=C(NCc1ccc(C(C)(C)C)cc1)NC1CCN(C(=O)C(C)C)C1.I. The first-order chi connectivity index (χ1) is 12.2. The van der Waals surface area contributed by atoms with Crippen LogP contribution < -0.4 is 10.6 Å². The fourth-order valence-corrected chi connectivity index (χ4v) is 3.14. The normalized spacial score (nSPS) is 17.7. The lowest BCUT2D eigenvalue weighted by molar-refractivity contribution is -0.133. The highest BCUT2D eigenvalue weighted by atomic mass is 127. The number of aliphatic imine (C=N–C) groups is 1. The molecule has 1 atom stereocenters. The Kier molecular flexibility index (Phi) is 9.05. The molecule has 1 aliphatic rings. The van der Waals surface area contributed by atoms with Gasteiger partial charge in [0.2, 0.25) is 5.91 Å². The van der Waals surface area contributed by atoms with Gasteiger partial charge < -0.3 is 15.5 Å². The molecule has 152 valence electrons. The van der Waals surface area contributed by atoms with Gasteiger partial charge in [-0.15, -0.1) is 24.0 Å². The van der Waals surface area contributed by atoms with Gasteiger partial charge in [0.05, 0.1) is 0 Å². The minimum Gasteiger partial charge on any atom is -0.352 e. The summed E-state index contributed by atoms with van der Waals surface area (Å²) >= 11 is 0. The number of nitrogens with zero attached hydrogens (tertiary/aromatic N) is 2. The van der Waals surface area contributed by atoms with Crippen molar-refractivity contribution < 1.29 is 4.79 Å². The van der Waals surface area contributed by atoms with E-state index in [9.17, 15) is 4.79 Å². The Bertz CT molecular complexity index is 635. The molecule has 27 heavy (non-hydrogen) atoms. The van der Waals surface area contributed by atoms with Crippen molar-refractivity contribution in [2.24, 2.45) is 10.9 Å². The number of hydrogen-bond donors (Lipinski definition) is 2. The fourth-order valence-electron chi connectivity index (χ4n) is 3.14. The van der Waals surface area contributed by atoms with Crippen LogP contribution in [0.5, 0.6) is 0 Å². The summed E-state index contributed by atoms with van der Waals surface area (Å²) < 4.78 is 0. The molecule has 1 fully saturated rings. The molecule has 1 aromatic carbocycles. The van der Waals surface area contributed by atoms with Crippen LogP contribution in [0.2, 0.25) is 0 Å². The predicted molar refractivity (Wildman–Crippen MR) is 124 cm³/mol. The van der Waals surface area contributed by atoms with Gasteiger partial charge in [-0.1, -0.05) is 58.9 Å². The third kappa shape index (κ3) is 6.97. The molecule has 1 unspecified atom stereocenters. The van der Waals surface area contributed by atoms with E-state index in [1.165, 1.54) is 11.1 Å². The summed E-state index contributed by atoms with van der Waals surface area (Å²) in [6.07, 6.45) is 0.958. The van der Waals surface area contributed by atoms with Crippen molar-refractivity contribution >= 4 is 35.8 Å². The molecule has 0 radical (unpaired) electrons. The second kappa shape index (κ2) is 10.3. The second-order valence-corrected chi connectivity index (χ2v) is 8.44. The summed E-state index contributed by atoms with van der Waals surface area (Å²) in [7, 11) is 1.78. The van der Waals surface area contributed by atoms with Gasteiger partial charge in [-0.05, 0) is 23.0 Å². The molecule has 1 aromatic rings. The first kappa shape index (κ1) is 23.7. The van der Waals surface area contributed by atoms with Gasteiger partial charge >= 0.3 is 0 Å². The number of rotatable bonds is 4. The molecule has 2 N–H and O–H groups in total. The number of nitrogens with one attached hydrogen (secondary N) is 2. The van der Waals surface area contributed by atoms with E-state index < -0.39 is 0 Å². The zero-order valence-corrected chi connectivity index (χ0v) is 19.8. The number of hydrogen-bond acceptors (Lipinski definition) is 2. The molecular formula is C21H35IN4O. The molecule has 5 nitrogen and oxygen atoms in total. The lowest BCUT2D eigenvalue weighted by Crippen LogP contribution is -2.45. The topological polar surface area (TPSA) is 56.7 Å². The second-order valence-electron chi connectivity index (χ2n) is 8.44. The van der Waals surface area contributed by atoms with Crippen LogP contribution in [0.15, 0.2) is 29.3 Å². The maximum absolute atomic E-state index is 12.1. The van der Waals surface area contributed by atoms with E-state index in [4.69, 9.17) is 0 Å². The van der Waals surface area contributed by atoms with Crippen LogP contribution in [0, 0.1) is 5.92 Å². The molecule has 1 heterocycles. The molecule has 2 rings (SSSR count). The molecule has 1 aliphatic heterocycles. The fraction of sp³-hybridized carbons (Fsp3) is 0.619. The Balaban J connectivity index is 0.00000364. The van der Waals surface area contributed by atoms with Crippen LogP contribution in [0.3, 0.4) is 0 Å². The Morgan fingerprint density at radius 2 is 1.89 bits per heavy atom. The van der Waals surface area contributed by atoms with Gasteiger partial charge in [0.1, 0.15) is 0 Å². The number of likely N-dealkylation sites (tertiary alicyclic amines) is 1. The summed E-state index contributed by atoms with van der Waals surface area (Å²) in [6.45, 7) is 12.9. The van der Waals surface area contributed by atoms with E-state index in [0.29, 0.717) is 0 Å². The third-order valence-electron chi connectivity index (χ3n) is 4.84. The summed E-state index contributed by atoms with van der Waals surface area (Å²) in [5.41, 5.74) is 2.74. The molecule has 0 saturated carbocycles. The summed E-state index contributed by atoms with van der Waals surface area (Å²) in [5, 5.41) is 6.81. The highest BCUT2D eigenvalue weighted by molar-refractivity contribution is 14.0. The number of carbonyl (C=O) groups excluding carboxylic acids is 1. The summed E-state index contributed by atoms with van der Waals surface area (Å²) in [4.78, 5) is 18.4. The maximum atomic E-state index is 12.1. The molecular weight excluding hydrogens is 451 g/mol. The van der Waals surface area contributed by atoms with Crippen molar-refractivity contribution in [3.63, 3.8) is 0 Å². The maximum Gasteiger partial charge on any atom is 0.225 e. The molecule has 0 aliphatic carbocycles. The van der Waals surface area contributed by atoms with Crippen molar-refractivity contribution in [2.45, 2.75) is 59.0 Å². The summed E-state index contributed by atoms with van der Waals surface area (Å²) in [6, 6.07) is 8.98. The number of halogens is 1. The van der Waals surface area contributed by atoms with Crippen LogP contribution in [-0.4, -0.2) is 42.9 Å². The minimum atomic E-state index is 0. The Morgan fingerprint density at radius 3 is 2.41 bits per heavy atom. The third-order valence-corrected chi connectivity index (χ3v) is 4.84. The standard InChI is InChI=1S/C21H34N4O.HI/c1-15(2)19(26)25-12-11-18(14-25)24-20(22-6)23-13-16-7-9-17(10-8-16)21(3,4)5;/h7-10,15,18H,11-14H2,1-6H3,(H2,22,23,24);1H. The van der Waals surface area contributed by atoms with Gasteiger partial charge in [-0.2, -0.15) is 0 Å². The minimum absolute atomic E-state index is 0. The monoisotopic (exact) mass is 486 g/mol. The van der Waals surface area contributed by atoms with Crippen LogP contribution in [0.4, 0.5) is 0 Å². The van der Waals surface area contributed by atoms with Gasteiger partial charge in [-0.3, -0.25) is 9.79 Å². The molecule has 0 spiro atoms.